The fourth-order valence-electron chi connectivity index (χ4n) is 2.34. The van der Waals surface area contributed by atoms with Gasteiger partial charge in [0, 0.05) is 5.69 Å². The van der Waals surface area contributed by atoms with E-state index in [9.17, 15) is 9.59 Å². The first-order valence-electron chi connectivity index (χ1n) is 8.17. The molecule has 26 heavy (non-hydrogen) atoms. The minimum Gasteiger partial charge on any atom is -0.455 e. The zero-order valence-corrected chi connectivity index (χ0v) is 14.0. The van der Waals surface area contributed by atoms with Crippen molar-refractivity contribution in [3.05, 3.63) is 84.9 Å². The topological polar surface area (TPSA) is 67.4 Å². The van der Waals surface area contributed by atoms with Gasteiger partial charge in [0.2, 0.25) is 11.8 Å². The van der Waals surface area contributed by atoms with Crippen LogP contribution < -0.4 is 15.4 Å². The van der Waals surface area contributed by atoms with Gasteiger partial charge in [-0.1, -0.05) is 48.5 Å². The van der Waals surface area contributed by atoms with Gasteiger partial charge in [-0.05, 0) is 36.4 Å². The summed E-state index contributed by atoms with van der Waals surface area (Å²) in [6.07, 6.45) is -0.283. The summed E-state index contributed by atoms with van der Waals surface area (Å²) in [7, 11) is 0. The molecule has 0 atom stereocenters. The molecule has 130 valence electrons. The maximum Gasteiger partial charge on any atom is 0.233 e. The molecule has 3 aromatic carbocycles. The molecule has 5 nitrogen and oxygen atoms in total. The second-order valence-corrected chi connectivity index (χ2v) is 5.55. The van der Waals surface area contributed by atoms with Crippen LogP contribution in [0.3, 0.4) is 0 Å². The van der Waals surface area contributed by atoms with Gasteiger partial charge in [0.25, 0.3) is 0 Å². The van der Waals surface area contributed by atoms with E-state index in [1.807, 2.05) is 54.6 Å². The molecule has 0 aromatic heterocycles. The number of benzene rings is 3. The lowest BCUT2D eigenvalue weighted by Crippen LogP contribution is -2.21. The van der Waals surface area contributed by atoms with E-state index in [4.69, 9.17) is 4.74 Å². The molecular weight excluding hydrogens is 328 g/mol. The van der Waals surface area contributed by atoms with Crippen molar-refractivity contribution in [3.8, 4) is 11.5 Å². The molecule has 0 heterocycles. The largest absolute Gasteiger partial charge is 0.455 e. The number of anilines is 2. The highest BCUT2D eigenvalue weighted by Gasteiger charge is 2.12. The first-order valence-corrected chi connectivity index (χ1v) is 8.17. The molecule has 0 aliphatic carbocycles. The average Bonchev–Trinajstić information content (AvgIpc) is 2.65. The number of ether oxygens (including phenoxy) is 1. The van der Waals surface area contributed by atoms with E-state index in [0.717, 1.165) is 0 Å². The minimum absolute atomic E-state index is 0.283. The van der Waals surface area contributed by atoms with Gasteiger partial charge < -0.3 is 15.4 Å². The molecular formula is C21H18N2O3. The average molecular weight is 346 g/mol. The van der Waals surface area contributed by atoms with E-state index in [1.54, 1.807) is 30.3 Å². The molecule has 0 bridgehead atoms. The van der Waals surface area contributed by atoms with Gasteiger partial charge in [0.15, 0.2) is 5.75 Å². The third kappa shape index (κ3) is 4.95. The van der Waals surface area contributed by atoms with E-state index in [1.165, 1.54) is 0 Å². The quantitative estimate of drug-likeness (QED) is 0.648. The van der Waals surface area contributed by atoms with E-state index in [0.29, 0.717) is 22.9 Å². The van der Waals surface area contributed by atoms with Gasteiger partial charge in [-0.2, -0.15) is 0 Å². The molecule has 0 aliphatic heterocycles. The normalized spacial score (nSPS) is 10.0. The number of amides is 2. The number of hydrogen-bond acceptors (Lipinski definition) is 3. The predicted molar refractivity (Wildman–Crippen MR) is 101 cm³/mol. The van der Waals surface area contributed by atoms with Crippen molar-refractivity contribution in [3.63, 3.8) is 0 Å². The number of hydrogen-bond donors (Lipinski definition) is 2. The Bertz CT molecular complexity index is 880. The fraction of sp³-hybridized carbons (Fsp3) is 0.0476. The third-order valence-corrected chi connectivity index (χ3v) is 3.51. The van der Waals surface area contributed by atoms with Crippen LogP contribution in [0.4, 0.5) is 11.4 Å². The van der Waals surface area contributed by atoms with Crippen LogP contribution in [-0.2, 0) is 9.59 Å². The Morgan fingerprint density at radius 3 is 2.00 bits per heavy atom. The number of para-hydroxylation sites is 4. The van der Waals surface area contributed by atoms with Crippen LogP contribution in [-0.4, -0.2) is 11.8 Å². The molecule has 0 radical (unpaired) electrons. The van der Waals surface area contributed by atoms with Crippen molar-refractivity contribution < 1.29 is 14.3 Å². The third-order valence-electron chi connectivity index (χ3n) is 3.51. The van der Waals surface area contributed by atoms with E-state index >= 15 is 0 Å². The monoisotopic (exact) mass is 346 g/mol. The summed E-state index contributed by atoms with van der Waals surface area (Å²) in [5.41, 5.74) is 1.16. The van der Waals surface area contributed by atoms with Crippen LogP contribution in [0.1, 0.15) is 6.42 Å². The molecule has 0 unspecified atom stereocenters. The summed E-state index contributed by atoms with van der Waals surface area (Å²) in [6, 6.07) is 25.4. The van der Waals surface area contributed by atoms with E-state index < -0.39 is 5.91 Å². The summed E-state index contributed by atoms with van der Waals surface area (Å²) in [5.74, 6) is 0.379. The predicted octanol–water partition coefficient (Wildman–Crippen LogP) is 4.45. The van der Waals surface area contributed by atoms with Gasteiger partial charge in [0.05, 0.1) is 5.69 Å². The van der Waals surface area contributed by atoms with Gasteiger partial charge in [-0.3, -0.25) is 9.59 Å². The maximum atomic E-state index is 12.2. The highest BCUT2D eigenvalue weighted by atomic mass is 16.5. The Morgan fingerprint density at radius 1 is 0.692 bits per heavy atom. The van der Waals surface area contributed by atoms with Gasteiger partial charge >= 0.3 is 0 Å². The van der Waals surface area contributed by atoms with Crippen LogP contribution >= 0.6 is 0 Å². The Balaban J connectivity index is 1.61. The summed E-state index contributed by atoms with van der Waals surface area (Å²) in [4.78, 5) is 24.2. The lowest BCUT2D eigenvalue weighted by molar-refractivity contribution is -0.123. The fourth-order valence-corrected chi connectivity index (χ4v) is 2.34. The van der Waals surface area contributed by atoms with Gasteiger partial charge in [0.1, 0.15) is 12.2 Å². The summed E-state index contributed by atoms with van der Waals surface area (Å²) >= 11 is 0. The molecule has 5 heteroatoms. The maximum absolute atomic E-state index is 12.2. The summed E-state index contributed by atoms with van der Waals surface area (Å²) in [6.45, 7) is 0. The first kappa shape index (κ1) is 17.2. The van der Waals surface area contributed by atoms with Crippen molar-refractivity contribution in [2.75, 3.05) is 10.6 Å². The molecule has 0 saturated heterocycles. The smallest absolute Gasteiger partial charge is 0.233 e. The summed E-state index contributed by atoms with van der Waals surface area (Å²) in [5, 5.41) is 5.40. The highest BCUT2D eigenvalue weighted by Crippen LogP contribution is 2.29. The molecule has 0 fully saturated rings. The zero-order valence-electron chi connectivity index (χ0n) is 14.0. The van der Waals surface area contributed by atoms with Gasteiger partial charge in [-0.15, -0.1) is 0 Å². The number of rotatable bonds is 6. The van der Waals surface area contributed by atoms with Crippen LogP contribution in [0.15, 0.2) is 84.9 Å². The van der Waals surface area contributed by atoms with Crippen molar-refractivity contribution in [1.82, 2.24) is 0 Å². The Morgan fingerprint density at radius 2 is 1.27 bits per heavy atom. The summed E-state index contributed by atoms with van der Waals surface area (Å²) < 4.78 is 5.80. The lowest BCUT2D eigenvalue weighted by Gasteiger charge is -2.12. The van der Waals surface area contributed by atoms with Gasteiger partial charge in [-0.25, -0.2) is 0 Å². The van der Waals surface area contributed by atoms with Crippen LogP contribution in [0.2, 0.25) is 0 Å². The first-order chi connectivity index (χ1) is 12.7. The number of carbonyl (C=O) groups excluding carboxylic acids is 2. The minimum atomic E-state index is -0.414. The number of nitrogens with one attached hydrogen (secondary N) is 2. The zero-order chi connectivity index (χ0) is 18.2. The molecule has 3 rings (SSSR count). The number of carbonyl (C=O) groups is 2. The Kier molecular flexibility index (Phi) is 5.62. The Hall–Kier alpha value is -3.60. The standard InChI is InChI=1S/C21H18N2O3/c24-20(22-16-9-3-1-4-10-16)15-21(25)23-18-13-7-8-14-19(18)26-17-11-5-2-6-12-17/h1-14H,15H2,(H,22,24)(H,23,25). The van der Waals surface area contributed by atoms with E-state index in [2.05, 4.69) is 10.6 Å². The van der Waals surface area contributed by atoms with Crippen molar-refractivity contribution in [2.24, 2.45) is 0 Å². The molecule has 0 spiro atoms. The van der Waals surface area contributed by atoms with Crippen molar-refractivity contribution in [2.45, 2.75) is 6.42 Å². The molecule has 2 amide bonds. The second kappa shape index (κ2) is 8.48. The second-order valence-electron chi connectivity index (χ2n) is 5.55. The molecule has 3 aromatic rings. The molecule has 2 N–H and O–H groups in total. The Labute approximate surface area is 151 Å². The molecule has 0 saturated carbocycles. The SMILES string of the molecule is O=C(CC(=O)Nc1ccccc1Oc1ccccc1)Nc1ccccc1. The van der Waals surface area contributed by atoms with Crippen LogP contribution in [0.5, 0.6) is 11.5 Å². The van der Waals surface area contributed by atoms with E-state index in [-0.39, 0.29) is 12.3 Å². The molecule has 0 aliphatic rings. The van der Waals surface area contributed by atoms with Crippen molar-refractivity contribution in [1.29, 1.82) is 0 Å². The van der Waals surface area contributed by atoms with Crippen LogP contribution in [0, 0.1) is 0 Å². The van der Waals surface area contributed by atoms with Crippen molar-refractivity contribution >= 4 is 23.2 Å². The lowest BCUT2D eigenvalue weighted by atomic mass is 10.2. The highest BCUT2D eigenvalue weighted by molar-refractivity contribution is 6.08. The van der Waals surface area contributed by atoms with Crippen LogP contribution in [0.25, 0.3) is 0 Å².